The van der Waals surface area contributed by atoms with E-state index in [0.29, 0.717) is 0 Å². The molecule has 1 atom stereocenters. The molecule has 0 aliphatic carbocycles. The summed E-state index contributed by atoms with van der Waals surface area (Å²) in [5.41, 5.74) is 6.59. The molecule has 1 N–H and O–H groups in total. The van der Waals surface area contributed by atoms with Crippen LogP contribution in [0.2, 0.25) is 0 Å². The van der Waals surface area contributed by atoms with Crippen LogP contribution in [0.15, 0.2) is 0 Å². The average Bonchev–Trinajstić information content (AvgIpc) is 1.65. The highest BCUT2D eigenvalue weighted by atomic mass is 14.5. The number of hydrogen-bond acceptors (Lipinski definition) is 1. The maximum Gasteiger partial charge on any atom is 0.0666 e. The van der Waals surface area contributed by atoms with Gasteiger partial charge in [0.2, 0.25) is 0 Å². The SMILES string of the molecule is CC(C#N)C[NH]. The molecule has 0 rings (SSSR count). The summed E-state index contributed by atoms with van der Waals surface area (Å²) in [5.74, 6) is -0.0926. The van der Waals surface area contributed by atoms with E-state index in [-0.39, 0.29) is 12.5 Å². The van der Waals surface area contributed by atoms with Crippen molar-refractivity contribution in [1.82, 2.24) is 5.73 Å². The lowest BCUT2D eigenvalue weighted by Crippen LogP contribution is -1.96. The zero-order valence-corrected chi connectivity index (χ0v) is 3.73. The van der Waals surface area contributed by atoms with Crippen LogP contribution in [0.4, 0.5) is 0 Å². The van der Waals surface area contributed by atoms with Crippen LogP contribution in [0.3, 0.4) is 0 Å². The Hall–Kier alpha value is -0.550. The largest absolute Gasteiger partial charge is 0.257 e. The fourth-order valence-corrected chi connectivity index (χ4v) is 0.0456. The quantitative estimate of drug-likeness (QED) is 0.453. The molecule has 6 heavy (non-hydrogen) atoms. The van der Waals surface area contributed by atoms with Gasteiger partial charge in [0.25, 0.3) is 0 Å². The van der Waals surface area contributed by atoms with Crippen LogP contribution in [0.5, 0.6) is 0 Å². The zero-order valence-electron chi connectivity index (χ0n) is 3.73. The Balaban J connectivity index is 3.04. The van der Waals surface area contributed by atoms with Gasteiger partial charge >= 0.3 is 0 Å². The molecule has 1 radical (unpaired) electrons. The zero-order chi connectivity index (χ0) is 4.99. The molecule has 0 aromatic carbocycles. The summed E-state index contributed by atoms with van der Waals surface area (Å²) < 4.78 is 0. The first-order valence-electron chi connectivity index (χ1n) is 1.85. The Labute approximate surface area is 37.6 Å². The van der Waals surface area contributed by atoms with E-state index in [1.165, 1.54) is 0 Å². The lowest BCUT2D eigenvalue weighted by molar-refractivity contribution is 0.740. The molecule has 0 aliphatic heterocycles. The molecule has 33 valence electrons. The van der Waals surface area contributed by atoms with Crippen molar-refractivity contribution in [3.8, 4) is 6.07 Å². The van der Waals surface area contributed by atoms with Gasteiger partial charge in [-0.1, -0.05) is 0 Å². The molecule has 0 fully saturated rings. The predicted molar refractivity (Wildman–Crippen MR) is 22.7 cm³/mol. The number of hydrogen-bond donors (Lipinski definition) is 0. The van der Waals surface area contributed by atoms with E-state index < -0.39 is 0 Å². The lowest BCUT2D eigenvalue weighted by atomic mass is 10.2. The molecule has 2 heteroatoms. The molecule has 0 aliphatic rings. The monoisotopic (exact) mass is 83.1 g/mol. The topological polar surface area (TPSA) is 47.6 Å². The summed E-state index contributed by atoms with van der Waals surface area (Å²) >= 11 is 0. The van der Waals surface area contributed by atoms with Gasteiger partial charge in [0.1, 0.15) is 0 Å². The maximum atomic E-state index is 7.96. The molecule has 0 heterocycles. The van der Waals surface area contributed by atoms with Gasteiger partial charge in [0.05, 0.1) is 12.0 Å². The molecule has 0 amide bonds. The number of rotatable bonds is 1. The Morgan fingerprint density at radius 1 is 2.00 bits per heavy atom. The van der Waals surface area contributed by atoms with E-state index in [1.54, 1.807) is 6.92 Å². The summed E-state index contributed by atoms with van der Waals surface area (Å²) in [4.78, 5) is 0. The molecule has 0 spiro atoms. The maximum absolute atomic E-state index is 7.96. The van der Waals surface area contributed by atoms with Crippen LogP contribution in [0.25, 0.3) is 0 Å². The second kappa shape index (κ2) is 2.67. The molecule has 0 saturated carbocycles. The minimum absolute atomic E-state index is 0.0926. The molecular formula is C4H7N2. The smallest absolute Gasteiger partial charge is 0.0666 e. The van der Waals surface area contributed by atoms with Crippen molar-refractivity contribution in [1.29, 1.82) is 5.26 Å². The van der Waals surface area contributed by atoms with Crippen LogP contribution >= 0.6 is 0 Å². The van der Waals surface area contributed by atoms with Crippen LogP contribution in [0.1, 0.15) is 6.92 Å². The minimum Gasteiger partial charge on any atom is -0.257 e. The van der Waals surface area contributed by atoms with Crippen LogP contribution < -0.4 is 5.73 Å². The van der Waals surface area contributed by atoms with E-state index in [1.807, 2.05) is 6.07 Å². The highest BCUT2D eigenvalue weighted by Crippen LogP contribution is 1.83. The molecule has 0 saturated heterocycles. The third-order valence-electron chi connectivity index (χ3n) is 0.527. The first-order valence-corrected chi connectivity index (χ1v) is 1.85. The summed E-state index contributed by atoms with van der Waals surface area (Å²) in [7, 11) is 0. The molecule has 0 bridgehead atoms. The van der Waals surface area contributed by atoms with Crippen LogP contribution in [0, 0.1) is 17.2 Å². The third-order valence-corrected chi connectivity index (χ3v) is 0.527. The van der Waals surface area contributed by atoms with Crippen molar-refractivity contribution in [3.05, 3.63) is 0 Å². The lowest BCUT2D eigenvalue weighted by Gasteiger charge is -1.86. The minimum atomic E-state index is -0.0926. The molecule has 0 aromatic heterocycles. The normalized spacial score (nSPS) is 12.8. The first kappa shape index (κ1) is 5.45. The Kier molecular flexibility index (Phi) is 2.43. The highest BCUT2D eigenvalue weighted by molar-refractivity contribution is 4.77. The fraction of sp³-hybridized carbons (Fsp3) is 0.750. The van der Waals surface area contributed by atoms with E-state index >= 15 is 0 Å². The first-order chi connectivity index (χ1) is 2.81. The molecule has 2 nitrogen and oxygen atoms in total. The van der Waals surface area contributed by atoms with Crippen molar-refractivity contribution in [2.24, 2.45) is 5.92 Å². The van der Waals surface area contributed by atoms with Crippen molar-refractivity contribution >= 4 is 0 Å². The summed E-state index contributed by atoms with van der Waals surface area (Å²) in [5, 5.41) is 7.96. The van der Waals surface area contributed by atoms with Gasteiger partial charge in [0, 0.05) is 6.54 Å². The predicted octanol–water partition coefficient (Wildman–Crippen LogP) is 0.429. The third kappa shape index (κ3) is 1.74. The summed E-state index contributed by atoms with van der Waals surface area (Å²) in [6.45, 7) is 1.95. The van der Waals surface area contributed by atoms with E-state index in [9.17, 15) is 0 Å². The van der Waals surface area contributed by atoms with E-state index in [4.69, 9.17) is 11.0 Å². The number of nitrogens with zero attached hydrogens (tertiary/aromatic N) is 1. The van der Waals surface area contributed by atoms with Gasteiger partial charge in [-0.3, -0.25) is 5.73 Å². The van der Waals surface area contributed by atoms with Gasteiger partial charge in [0.15, 0.2) is 0 Å². The average molecular weight is 83.1 g/mol. The Bertz CT molecular complexity index is 62.4. The van der Waals surface area contributed by atoms with Gasteiger partial charge in [-0.05, 0) is 6.92 Å². The standard InChI is InChI=1S/C4H7N2/c1-4(2-5)3-6/h4-5H,2H2,1H3. The van der Waals surface area contributed by atoms with E-state index in [0.717, 1.165) is 0 Å². The highest BCUT2D eigenvalue weighted by Gasteiger charge is 1.89. The number of nitriles is 1. The van der Waals surface area contributed by atoms with Crippen molar-refractivity contribution in [2.75, 3.05) is 6.54 Å². The Morgan fingerprint density at radius 3 is 2.50 bits per heavy atom. The van der Waals surface area contributed by atoms with Gasteiger partial charge in [-0.2, -0.15) is 5.26 Å². The van der Waals surface area contributed by atoms with Crippen molar-refractivity contribution in [2.45, 2.75) is 6.92 Å². The van der Waals surface area contributed by atoms with E-state index in [2.05, 4.69) is 0 Å². The Morgan fingerprint density at radius 2 is 2.50 bits per heavy atom. The fourth-order valence-electron chi connectivity index (χ4n) is 0.0456. The van der Waals surface area contributed by atoms with Gasteiger partial charge in [-0.25, -0.2) is 0 Å². The second-order valence-corrected chi connectivity index (χ2v) is 1.23. The van der Waals surface area contributed by atoms with Crippen LogP contribution in [-0.4, -0.2) is 6.54 Å². The molecular weight excluding hydrogens is 76.1 g/mol. The summed E-state index contributed by atoms with van der Waals surface area (Å²) in [6, 6.07) is 1.93. The van der Waals surface area contributed by atoms with Crippen molar-refractivity contribution < 1.29 is 0 Å². The van der Waals surface area contributed by atoms with Crippen molar-refractivity contribution in [3.63, 3.8) is 0 Å². The summed E-state index contributed by atoms with van der Waals surface area (Å²) in [6.07, 6.45) is 0. The van der Waals surface area contributed by atoms with Gasteiger partial charge < -0.3 is 0 Å². The van der Waals surface area contributed by atoms with Gasteiger partial charge in [-0.15, -0.1) is 0 Å². The second-order valence-electron chi connectivity index (χ2n) is 1.23. The molecule has 1 unspecified atom stereocenters. The molecule has 0 aromatic rings. The number of nitrogens with one attached hydrogen (secondary N) is 1. The van der Waals surface area contributed by atoms with Crippen LogP contribution in [-0.2, 0) is 0 Å².